The van der Waals surface area contributed by atoms with E-state index < -0.39 is 0 Å². The van der Waals surface area contributed by atoms with Gasteiger partial charge in [0.25, 0.3) is 5.91 Å². The highest BCUT2D eigenvalue weighted by molar-refractivity contribution is 5.96. The maximum atomic E-state index is 13.1. The summed E-state index contributed by atoms with van der Waals surface area (Å²) in [4.78, 5) is 17.4. The lowest BCUT2D eigenvalue weighted by molar-refractivity contribution is -0.118. The third kappa shape index (κ3) is 3.34. The highest BCUT2D eigenvalue weighted by Crippen LogP contribution is 2.35. The molecule has 4 rings (SSSR count). The summed E-state index contributed by atoms with van der Waals surface area (Å²) < 4.78 is 6.98. The standard InChI is InChI=1S/C21H21N5O2/c1-14-18(20(27)22-12-15-6-4-3-5-7-15)19(26-21(25-14)23-13-24-26)16-8-10-17(28-2)11-9-16/h3-11,13,19H,12H2,1-2H3,(H,22,27)(H,23,24,25). The van der Waals surface area contributed by atoms with E-state index in [4.69, 9.17) is 4.74 Å². The molecule has 3 aromatic rings. The van der Waals surface area contributed by atoms with Crippen LogP contribution in [-0.4, -0.2) is 27.8 Å². The number of nitrogens with zero attached hydrogens (tertiary/aromatic N) is 3. The number of hydrogen-bond donors (Lipinski definition) is 2. The molecule has 0 saturated heterocycles. The largest absolute Gasteiger partial charge is 0.497 e. The zero-order valence-corrected chi connectivity index (χ0v) is 15.7. The van der Waals surface area contributed by atoms with Gasteiger partial charge in [-0.3, -0.25) is 4.79 Å². The molecule has 0 saturated carbocycles. The van der Waals surface area contributed by atoms with Crippen LogP contribution in [0.3, 0.4) is 0 Å². The van der Waals surface area contributed by atoms with Crippen LogP contribution in [0.1, 0.15) is 24.1 Å². The molecule has 0 bridgehead atoms. The molecule has 1 amide bonds. The Labute approximate surface area is 163 Å². The van der Waals surface area contributed by atoms with E-state index >= 15 is 0 Å². The van der Waals surface area contributed by atoms with Crippen LogP contribution in [-0.2, 0) is 11.3 Å². The monoisotopic (exact) mass is 375 g/mol. The van der Waals surface area contributed by atoms with E-state index in [0.29, 0.717) is 18.1 Å². The van der Waals surface area contributed by atoms with Gasteiger partial charge in [0.2, 0.25) is 5.95 Å². The average molecular weight is 375 g/mol. The predicted octanol–water partition coefficient (Wildman–Crippen LogP) is 2.89. The first-order valence-electron chi connectivity index (χ1n) is 9.00. The Morgan fingerprint density at radius 3 is 2.64 bits per heavy atom. The van der Waals surface area contributed by atoms with E-state index in [0.717, 1.165) is 22.6 Å². The van der Waals surface area contributed by atoms with Crippen LogP contribution >= 0.6 is 0 Å². The van der Waals surface area contributed by atoms with Gasteiger partial charge in [0.1, 0.15) is 18.1 Å². The lowest BCUT2D eigenvalue weighted by Crippen LogP contribution is -2.34. The van der Waals surface area contributed by atoms with Crippen LogP contribution < -0.4 is 15.4 Å². The number of fused-ring (bicyclic) bond motifs is 1. The molecule has 142 valence electrons. The molecule has 1 aliphatic heterocycles. The molecule has 0 fully saturated rings. The van der Waals surface area contributed by atoms with Gasteiger partial charge in [-0.25, -0.2) is 4.68 Å². The van der Waals surface area contributed by atoms with Crippen molar-refractivity contribution < 1.29 is 9.53 Å². The van der Waals surface area contributed by atoms with E-state index in [9.17, 15) is 4.79 Å². The van der Waals surface area contributed by atoms with Crippen LogP contribution in [0.2, 0.25) is 0 Å². The van der Waals surface area contributed by atoms with Crippen molar-refractivity contribution in [3.63, 3.8) is 0 Å². The van der Waals surface area contributed by atoms with Gasteiger partial charge in [-0.15, -0.1) is 0 Å². The average Bonchev–Trinajstić information content (AvgIpc) is 3.20. The number of carbonyl (C=O) groups is 1. The first kappa shape index (κ1) is 17.8. The fourth-order valence-corrected chi connectivity index (χ4v) is 3.35. The van der Waals surface area contributed by atoms with Gasteiger partial charge in [0.05, 0.1) is 12.7 Å². The molecule has 2 heterocycles. The Balaban J connectivity index is 1.67. The van der Waals surface area contributed by atoms with Crippen LogP contribution in [0.5, 0.6) is 5.75 Å². The van der Waals surface area contributed by atoms with Crippen molar-refractivity contribution >= 4 is 11.9 Å². The molecule has 7 nitrogen and oxygen atoms in total. The summed E-state index contributed by atoms with van der Waals surface area (Å²) in [6.07, 6.45) is 1.48. The molecule has 28 heavy (non-hydrogen) atoms. The minimum Gasteiger partial charge on any atom is -0.497 e. The molecular formula is C21H21N5O2. The van der Waals surface area contributed by atoms with E-state index in [1.54, 1.807) is 11.8 Å². The Bertz CT molecular complexity index is 1010. The second-order valence-corrected chi connectivity index (χ2v) is 6.54. The summed E-state index contributed by atoms with van der Waals surface area (Å²) >= 11 is 0. The molecular weight excluding hydrogens is 354 g/mol. The minimum atomic E-state index is -0.375. The third-order valence-corrected chi connectivity index (χ3v) is 4.77. The molecule has 0 radical (unpaired) electrons. The van der Waals surface area contributed by atoms with E-state index in [2.05, 4.69) is 20.7 Å². The Morgan fingerprint density at radius 1 is 1.18 bits per heavy atom. The van der Waals surface area contributed by atoms with Crippen LogP contribution in [0.25, 0.3) is 0 Å². The van der Waals surface area contributed by atoms with Crippen LogP contribution in [0.4, 0.5) is 5.95 Å². The number of carbonyl (C=O) groups excluding carboxylic acids is 1. The molecule has 1 aliphatic rings. The summed E-state index contributed by atoms with van der Waals surface area (Å²) in [5.41, 5.74) is 3.34. The molecule has 0 aliphatic carbocycles. The number of anilines is 1. The normalized spacial score (nSPS) is 15.6. The number of rotatable bonds is 5. The van der Waals surface area contributed by atoms with E-state index in [1.165, 1.54) is 6.33 Å². The van der Waals surface area contributed by atoms with Crippen molar-refractivity contribution in [1.82, 2.24) is 20.1 Å². The highest BCUT2D eigenvalue weighted by atomic mass is 16.5. The lowest BCUT2D eigenvalue weighted by atomic mass is 9.95. The first-order chi connectivity index (χ1) is 13.7. The molecule has 7 heteroatoms. The van der Waals surface area contributed by atoms with Gasteiger partial charge in [-0.05, 0) is 30.2 Å². The molecule has 2 N–H and O–H groups in total. The van der Waals surface area contributed by atoms with Crippen molar-refractivity contribution in [2.24, 2.45) is 0 Å². The SMILES string of the molecule is COc1ccc(C2C(C(=O)NCc3ccccc3)=C(C)Nc3ncnn32)cc1. The maximum absolute atomic E-state index is 13.1. The number of aromatic nitrogens is 3. The second kappa shape index (κ2) is 7.56. The van der Waals surface area contributed by atoms with Gasteiger partial charge in [0, 0.05) is 12.2 Å². The van der Waals surface area contributed by atoms with Crippen molar-refractivity contribution in [3.8, 4) is 5.75 Å². The highest BCUT2D eigenvalue weighted by Gasteiger charge is 2.33. The number of methoxy groups -OCH3 is 1. The molecule has 1 aromatic heterocycles. The molecule has 1 unspecified atom stereocenters. The fourth-order valence-electron chi connectivity index (χ4n) is 3.35. The quantitative estimate of drug-likeness (QED) is 0.717. The predicted molar refractivity (Wildman–Crippen MR) is 106 cm³/mol. The number of hydrogen-bond acceptors (Lipinski definition) is 5. The number of amides is 1. The maximum Gasteiger partial charge on any atom is 0.251 e. The first-order valence-corrected chi connectivity index (χ1v) is 9.00. The Kier molecular flexibility index (Phi) is 4.80. The zero-order valence-electron chi connectivity index (χ0n) is 15.7. The summed E-state index contributed by atoms with van der Waals surface area (Å²) in [5, 5.41) is 10.5. The fraction of sp³-hybridized carbons (Fsp3) is 0.190. The number of nitrogens with one attached hydrogen (secondary N) is 2. The van der Waals surface area contributed by atoms with E-state index in [1.807, 2.05) is 61.5 Å². The van der Waals surface area contributed by atoms with Gasteiger partial charge >= 0.3 is 0 Å². The Hall–Kier alpha value is -3.61. The Morgan fingerprint density at radius 2 is 1.93 bits per heavy atom. The van der Waals surface area contributed by atoms with Crippen LogP contribution in [0, 0.1) is 0 Å². The smallest absolute Gasteiger partial charge is 0.251 e. The molecule has 2 aromatic carbocycles. The number of benzene rings is 2. The van der Waals surface area contributed by atoms with Crippen molar-refractivity contribution in [2.75, 3.05) is 12.4 Å². The summed E-state index contributed by atoms with van der Waals surface area (Å²) in [6.45, 7) is 2.34. The topological polar surface area (TPSA) is 81.1 Å². The summed E-state index contributed by atoms with van der Waals surface area (Å²) in [7, 11) is 1.63. The lowest BCUT2D eigenvalue weighted by Gasteiger charge is -2.28. The van der Waals surface area contributed by atoms with Crippen molar-refractivity contribution in [1.29, 1.82) is 0 Å². The van der Waals surface area contributed by atoms with E-state index in [-0.39, 0.29) is 11.9 Å². The summed E-state index contributed by atoms with van der Waals surface area (Å²) in [6, 6.07) is 17.1. The van der Waals surface area contributed by atoms with Crippen LogP contribution in [0.15, 0.2) is 72.2 Å². The van der Waals surface area contributed by atoms with Gasteiger partial charge in [-0.2, -0.15) is 10.1 Å². The second-order valence-electron chi connectivity index (χ2n) is 6.54. The van der Waals surface area contributed by atoms with Gasteiger partial charge in [-0.1, -0.05) is 42.5 Å². The minimum absolute atomic E-state index is 0.143. The summed E-state index contributed by atoms with van der Waals surface area (Å²) in [5.74, 6) is 1.22. The molecule has 1 atom stereocenters. The van der Waals surface area contributed by atoms with Crippen molar-refractivity contribution in [3.05, 3.63) is 83.3 Å². The van der Waals surface area contributed by atoms with Crippen molar-refractivity contribution in [2.45, 2.75) is 19.5 Å². The van der Waals surface area contributed by atoms with Gasteiger partial charge < -0.3 is 15.4 Å². The number of allylic oxidation sites excluding steroid dienone is 1. The third-order valence-electron chi connectivity index (χ3n) is 4.77. The van der Waals surface area contributed by atoms with Gasteiger partial charge in [0.15, 0.2) is 0 Å². The molecule has 0 spiro atoms. The number of ether oxygens (including phenoxy) is 1. The zero-order chi connectivity index (χ0) is 19.5.